The lowest BCUT2D eigenvalue weighted by Gasteiger charge is -2.43. The Morgan fingerprint density at radius 2 is 1.53 bits per heavy atom. The number of H-pyrrole nitrogens is 1. The number of fused-ring (bicyclic) bond motifs is 4. The number of aromatic nitrogens is 1. The molecule has 4 heteroatoms. The highest BCUT2D eigenvalue weighted by Crippen LogP contribution is 2.55. The first-order chi connectivity index (χ1) is 16.7. The standard InChI is InChI=1S/C30H27N3S/c31-29(33-28-15-9-13-25(32-28)21-10-3-1-4-11-21)22-16-17-27-24(20-22)30(18-7-2-8-19-30)23-12-5-6-14-26(23)34-27/h1,3-6,9-17,20H,2,7-8,18-19H2,(H2,31,32,33). The normalized spacial score (nSPS) is 16.6. The summed E-state index contributed by atoms with van der Waals surface area (Å²) in [5.74, 6) is 0.291. The predicted molar refractivity (Wildman–Crippen MR) is 139 cm³/mol. The van der Waals surface area contributed by atoms with Crippen molar-refractivity contribution in [2.75, 3.05) is 0 Å². The molecule has 1 aromatic heterocycles. The molecule has 0 radical (unpaired) electrons. The Morgan fingerprint density at radius 1 is 0.765 bits per heavy atom. The molecule has 0 saturated heterocycles. The van der Waals surface area contributed by atoms with E-state index in [1.807, 2.05) is 48.2 Å². The molecule has 1 aliphatic carbocycles. The van der Waals surface area contributed by atoms with Gasteiger partial charge in [-0.2, -0.15) is 0 Å². The van der Waals surface area contributed by atoms with Crippen LogP contribution >= 0.6 is 11.8 Å². The van der Waals surface area contributed by atoms with Crippen molar-refractivity contribution in [3.8, 4) is 11.3 Å². The van der Waals surface area contributed by atoms with E-state index in [2.05, 4.69) is 64.6 Å². The van der Waals surface area contributed by atoms with Crippen molar-refractivity contribution in [3.05, 3.63) is 113 Å². The van der Waals surface area contributed by atoms with E-state index in [1.54, 1.807) is 0 Å². The fraction of sp³-hybridized carbons (Fsp3) is 0.200. The van der Waals surface area contributed by atoms with Crippen LogP contribution < -0.4 is 5.49 Å². The van der Waals surface area contributed by atoms with Crippen molar-refractivity contribution in [1.82, 2.24) is 4.98 Å². The van der Waals surface area contributed by atoms with Gasteiger partial charge in [0.15, 0.2) is 5.84 Å². The first-order valence-electron chi connectivity index (χ1n) is 12.0. The Balaban J connectivity index is 1.40. The summed E-state index contributed by atoms with van der Waals surface area (Å²) in [6.45, 7) is 0. The minimum Gasteiger partial charge on any atom is -0.340 e. The van der Waals surface area contributed by atoms with Crippen molar-refractivity contribution in [3.63, 3.8) is 0 Å². The summed E-state index contributed by atoms with van der Waals surface area (Å²) in [7, 11) is 0. The molecule has 0 unspecified atom stereocenters. The average molecular weight is 462 g/mol. The molecule has 3 nitrogen and oxygen atoms in total. The molecule has 3 aromatic carbocycles. The second kappa shape index (κ2) is 8.77. The van der Waals surface area contributed by atoms with E-state index in [1.165, 1.54) is 53.0 Å². The summed E-state index contributed by atoms with van der Waals surface area (Å²) in [6.07, 6.45) is 6.18. The number of hydrogen-bond donors (Lipinski definition) is 2. The molecule has 4 aromatic rings. The molecule has 168 valence electrons. The molecule has 34 heavy (non-hydrogen) atoms. The van der Waals surface area contributed by atoms with Crippen LogP contribution in [-0.2, 0) is 5.41 Å². The highest BCUT2D eigenvalue weighted by Gasteiger charge is 2.41. The second-order valence-electron chi connectivity index (χ2n) is 9.23. The SMILES string of the molecule is N=C(/N=c1/cccc(-c2ccccc2)[nH]1)c1ccc2c(c1)C1(CCCCC1)c1ccccc1S2. The van der Waals surface area contributed by atoms with Crippen LogP contribution in [0.5, 0.6) is 0 Å². The molecule has 1 spiro atoms. The van der Waals surface area contributed by atoms with Gasteiger partial charge in [0.25, 0.3) is 0 Å². The van der Waals surface area contributed by atoms with E-state index in [4.69, 9.17) is 5.41 Å². The van der Waals surface area contributed by atoms with Gasteiger partial charge in [-0.25, -0.2) is 4.99 Å². The maximum absolute atomic E-state index is 8.81. The van der Waals surface area contributed by atoms with E-state index < -0.39 is 0 Å². The van der Waals surface area contributed by atoms with E-state index in [0.717, 1.165) is 16.8 Å². The Morgan fingerprint density at radius 3 is 2.38 bits per heavy atom. The number of benzene rings is 3. The summed E-state index contributed by atoms with van der Waals surface area (Å²) in [5.41, 5.74) is 6.58. The van der Waals surface area contributed by atoms with Gasteiger partial charge in [-0.1, -0.05) is 91.7 Å². The number of nitrogens with zero attached hydrogens (tertiary/aromatic N) is 1. The Hall–Kier alpha value is -3.37. The van der Waals surface area contributed by atoms with Gasteiger partial charge in [0.05, 0.1) is 0 Å². The average Bonchev–Trinajstić information content (AvgIpc) is 2.90. The Labute approximate surface area is 204 Å². The van der Waals surface area contributed by atoms with Crippen molar-refractivity contribution < 1.29 is 0 Å². The highest BCUT2D eigenvalue weighted by molar-refractivity contribution is 7.99. The van der Waals surface area contributed by atoms with Crippen LogP contribution in [0.4, 0.5) is 0 Å². The molecule has 0 bridgehead atoms. The van der Waals surface area contributed by atoms with Gasteiger partial charge in [0.2, 0.25) is 0 Å². The van der Waals surface area contributed by atoms with Crippen molar-refractivity contribution in [2.45, 2.75) is 47.3 Å². The molecule has 1 aliphatic heterocycles. The predicted octanol–water partition coefficient (Wildman–Crippen LogP) is 7.32. The number of hydrogen-bond acceptors (Lipinski definition) is 2. The van der Waals surface area contributed by atoms with Crippen LogP contribution in [0.1, 0.15) is 48.8 Å². The highest BCUT2D eigenvalue weighted by atomic mass is 32.2. The molecule has 2 N–H and O–H groups in total. The van der Waals surface area contributed by atoms with Gasteiger partial charge in [0.1, 0.15) is 5.49 Å². The van der Waals surface area contributed by atoms with Crippen LogP contribution in [-0.4, -0.2) is 10.8 Å². The monoisotopic (exact) mass is 461 g/mol. The van der Waals surface area contributed by atoms with Crippen LogP contribution in [0.2, 0.25) is 0 Å². The number of pyridine rings is 1. The zero-order chi connectivity index (χ0) is 23.0. The summed E-state index contributed by atoms with van der Waals surface area (Å²) in [4.78, 5) is 10.8. The fourth-order valence-electron chi connectivity index (χ4n) is 5.54. The number of amidine groups is 1. The zero-order valence-corrected chi connectivity index (χ0v) is 19.9. The molecule has 1 saturated carbocycles. The lowest BCUT2D eigenvalue weighted by Crippen LogP contribution is -2.33. The third-order valence-electron chi connectivity index (χ3n) is 7.19. The minimum atomic E-state index is 0.0606. The van der Waals surface area contributed by atoms with Crippen molar-refractivity contribution >= 4 is 17.6 Å². The topological polar surface area (TPSA) is 52.0 Å². The summed E-state index contributed by atoms with van der Waals surface area (Å²) >= 11 is 1.87. The minimum absolute atomic E-state index is 0.0606. The zero-order valence-electron chi connectivity index (χ0n) is 19.1. The molecule has 1 fully saturated rings. The molecule has 6 rings (SSSR count). The molecular weight excluding hydrogens is 434 g/mol. The lowest BCUT2D eigenvalue weighted by molar-refractivity contribution is 0.335. The first kappa shape index (κ1) is 21.2. The molecule has 0 atom stereocenters. The first-order valence-corrected chi connectivity index (χ1v) is 12.8. The molecule has 2 heterocycles. The third-order valence-corrected chi connectivity index (χ3v) is 8.35. The van der Waals surface area contributed by atoms with E-state index >= 15 is 0 Å². The summed E-state index contributed by atoms with van der Waals surface area (Å²) in [5, 5.41) is 8.81. The van der Waals surface area contributed by atoms with Crippen LogP contribution in [0.25, 0.3) is 11.3 Å². The smallest absolute Gasteiger partial charge is 0.154 e. The summed E-state index contributed by atoms with van der Waals surface area (Å²) in [6, 6.07) is 31.6. The maximum Gasteiger partial charge on any atom is 0.154 e. The van der Waals surface area contributed by atoms with Gasteiger partial charge in [-0.05, 0) is 59.9 Å². The maximum atomic E-state index is 8.81. The molecule has 2 aliphatic rings. The van der Waals surface area contributed by atoms with E-state index in [0.29, 0.717) is 11.3 Å². The lowest BCUT2D eigenvalue weighted by atomic mass is 9.65. The third kappa shape index (κ3) is 3.72. The van der Waals surface area contributed by atoms with Gasteiger partial charge < -0.3 is 4.98 Å². The number of rotatable bonds is 2. The Kier molecular flexibility index (Phi) is 5.46. The van der Waals surface area contributed by atoms with Crippen molar-refractivity contribution in [1.29, 1.82) is 5.41 Å². The molecule has 0 amide bonds. The van der Waals surface area contributed by atoms with Crippen LogP contribution in [0.3, 0.4) is 0 Å². The summed E-state index contributed by atoms with van der Waals surface area (Å²) < 4.78 is 0. The number of nitrogens with one attached hydrogen (secondary N) is 2. The molecular formula is C30H27N3S. The fourth-order valence-corrected chi connectivity index (χ4v) is 6.80. The van der Waals surface area contributed by atoms with Gasteiger partial charge in [0, 0.05) is 26.5 Å². The quantitative estimate of drug-likeness (QED) is 0.238. The van der Waals surface area contributed by atoms with Crippen LogP contribution in [0.15, 0.2) is 106 Å². The van der Waals surface area contributed by atoms with Gasteiger partial charge in [-0.3, -0.25) is 5.41 Å². The second-order valence-corrected chi connectivity index (χ2v) is 10.3. The largest absolute Gasteiger partial charge is 0.340 e. The number of aromatic amines is 1. The van der Waals surface area contributed by atoms with Gasteiger partial charge >= 0.3 is 0 Å². The Bertz CT molecular complexity index is 1430. The van der Waals surface area contributed by atoms with Gasteiger partial charge in [-0.15, -0.1) is 0 Å². The van der Waals surface area contributed by atoms with E-state index in [-0.39, 0.29) is 5.41 Å². The van der Waals surface area contributed by atoms with E-state index in [9.17, 15) is 0 Å². The van der Waals surface area contributed by atoms with Crippen LogP contribution in [0, 0.1) is 5.41 Å². The van der Waals surface area contributed by atoms with Crippen molar-refractivity contribution in [2.24, 2.45) is 4.99 Å².